The van der Waals surface area contributed by atoms with Gasteiger partial charge < -0.3 is 18.7 Å². The van der Waals surface area contributed by atoms with E-state index in [1.54, 1.807) is 42.5 Å². The first-order valence-corrected chi connectivity index (χ1v) is 8.74. The Morgan fingerprint density at radius 2 is 1.70 bits per heavy atom. The van der Waals surface area contributed by atoms with E-state index in [9.17, 15) is 4.79 Å². The summed E-state index contributed by atoms with van der Waals surface area (Å²) >= 11 is 5.86. The van der Waals surface area contributed by atoms with Gasteiger partial charge in [-0.3, -0.25) is 0 Å². The van der Waals surface area contributed by atoms with E-state index < -0.39 is 5.97 Å². The van der Waals surface area contributed by atoms with E-state index in [1.165, 1.54) is 0 Å². The highest BCUT2D eigenvalue weighted by Gasteiger charge is 2.10. The van der Waals surface area contributed by atoms with Crippen molar-refractivity contribution in [1.82, 2.24) is 5.16 Å². The Morgan fingerprint density at radius 3 is 2.37 bits per heavy atom. The SMILES string of the molecule is CCOc1ccc(OCC(=O)OCc2cc(-c3ccc(Cl)cc3)on2)cc1. The van der Waals surface area contributed by atoms with Crippen molar-refractivity contribution in [3.05, 3.63) is 65.3 Å². The molecule has 0 fully saturated rings. The van der Waals surface area contributed by atoms with Crippen molar-refractivity contribution in [1.29, 1.82) is 0 Å². The van der Waals surface area contributed by atoms with Gasteiger partial charge in [-0.25, -0.2) is 4.79 Å². The maximum Gasteiger partial charge on any atom is 0.344 e. The fourth-order valence-corrected chi connectivity index (χ4v) is 2.39. The molecule has 7 heteroatoms. The highest BCUT2D eigenvalue weighted by atomic mass is 35.5. The summed E-state index contributed by atoms with van der Waals surface area (Å²) in [5.74, 6) is 1.38. The number of nitrogens with zero attached hydrogens (tertiary/aromatic N) is 1. The first kappa shape index (κ1) is 18.8. The van der Waals surface area contributed by atoms with Crippen LogP contribution in [0, 0.1) is 0 Å². The van der Waals surface area contributed by atoms with Gasteiger partial charge in [0.25, 0.3) is 0 Å². The maximum absolute atomic E-state index is 11.8. The quantitative estimate of drug-likeness (QED) is 0.529. The van der Waals surface area contributed by atoms with Gasteiger partial charge in [-0.2, -0.15) is 0 Å². The van der Waals surface area contributed by atoms with Crippen LogP contribution in [-0.4, -0.2) is 24.3 Å². The second-order valence-electron chi connectivity index (χ2n) is 5.54. The summed E-state index contributed by atoms with van der Waals surface area (Å²) in [7, 11) is 0. The van der Waals surface area contributed by atoms with E-state index in [0.29, 0.717) is 28.8 Å². The summed E-state index contributed by atoms with van der Waals surface area (Å²) in [6.07, 6.45) is 0. The molecule has 1 aromatic heterocycles. The van der Waals surface area contributed by atoms with Gasteiger partial charge in [-0.05, 0) is 55.5 Å². The van der Waals surface area contributed by atoms with E-state index in [-0.39, 0.29) is 13.2 Å². The van der Waals surface area contributed by atoms with Crippen molar-refractivity contribution < 1.29 is 23.5 Å². The molecule has 0 saturated heterocycles. The lowest BCUT2D eigenvalue weighted by atomic mass is 10.2. The topological polar surface area (TPSA) is 70.8 Å². The number of aromatic nitrogens is 1. The van der Waals surface area contributed by atoms with E-state index in [0.717, 1.165) is 11.3 Å². The number of carbonyl (C=O) groups excluding carboxylic acids is 1. The fraction of sp³-hybridized carbons (Fsp3) is 0.200. The molecule has 3 aromatic rings. The van der Waals surface area contributed by atoms with Gasteiger partial charge >= 0.3 is 5.97 Å². The van der Waals surface area contributed by atoms with Crippen LogP contribution in [0.25, 0.3) is 11.3 Å². The molecule has 6 nitrogen and oxygen atoms in total. The van der Waals surface area contributed by atoms with Gasteiger partial charge in [0.05, 0.1) is 6.61 Å². The third kappa shape index (κ3) is 5.49. The third-order valence-electron chi connectivity index (χ3n) is 3.56. The van der Waals surface area contributed by atoms with Crippen molar-refractivity contribution in [3.63, 3.8) is 0 Å². The van der Waals surface area contributed by atoms with Crippen LogP contribution in [0.1, 0.15) is 12.6 Å². The molecule has 2 aromatic carbocycles. The predicted molar refractivity (Wildman–Crippen MR) is 99.9 cm³/mol. The van der Waals surface area contributed by atoms with Crippen LogP contribution in [0.3, 0.4) is 0 Å². The number of halogens is 1. The number of carbonyl (C=O) groups is 1. The monoisotopic (exact) mass is 387 g/mol. The minimum absolute atomic E-state index is 0.00254. The molecule has 0 N–H and O–H groups in total. The minimum Gasteiger partial charge on any atom is -0.494 e. The first-order valence-electron chi connectivity index (χ1n) is 8.37. The third-order valence-corrected chi connectivity index (χ3v) is 3.81. The summed E-state index contributed by atoms with van der Waals surface area (Å²) in [6, 6.07) is 15.9. The average Bonchev–Trinajstić information content (AvgIpc) is 3.16. The van der Waals surface area contributed by atoms with Crippen molar-refractivity contribution in [2.24, 2.45) is 0 Å². The fourth-order valence-electron chi connectivity index (χ4n) is 2.27. The molecule has 140 valence electrons. The standard InChI is InChI=1S/C20H18ClNO5/c1-2-24-17-7-9-18(10-8-17)25-13-20(23)26-12-16-11-19(27-22-16)14-3-5-15(21)6-4-14/h3-11H,2,12-13H2,1H3. The van der Waals surface area contributed by atoms with Gasteiger partial charge in [-0.1, -0.05) is 16.8 Å². The van der Waals surface area contributed by atoms with Gasteiger partial charge in [0.15, 0.2) is 12.4 Å². The zero-order valence-corrected chi connectivity index (χ0v) is 15.4. The van der Waals surface area contributed by atoms with E-state index in [4.69, 9.17) is 30.3 Å². The van der Waals surface area contributed by atoms with E-state index >= 15 is 0 Å². The lowest BCUT2D eigenvalue weighted by Crippen LogP contribution is -2.14. The van der Waals surface area contributed by atoms with Gasteiger partial charge in [0.2, 0.25) is 0 Å². The van der Waals surface area contributed by atoms with Crippen LogP contribution in [0.2, 0.25) is 5.02 Å². The Hall–Kier alpha value is -2.99. The van der Waals surface area contributed by atoms with Crippen LogP contribution in [0.15, 0.2) is 59.1 Å². The predicted octanol–water partition coefficient (Wildman–Crippen LogP) is 4.52. The highest BCUT2D eigenvalue weighted by Crippen LogP contribution is 2.22. The van der Waals surface area contributed by atoms with E-state index in [2.05, 4.69) is 5.16 Å². The largest absolute Gasteiger partial charge is 0.494 e. The molecule has 3 rings (SSSR count). The molecule has 0 spiro atoms. The van der Waals surface area contributed by atoms with Crippen molar-refractivity contribution in [3.8, 4) is 22.8 Å². The Balaban J connectivity index is 1.46. The van der Waals surface area contributed by atoms with Crippen LogP contribution in [0.5, 0.6) is 11.5 Å². The van der Waals surface area contributed by atoms with Crippen LogP contribution in [0.4, 0.5) is 0 Å². The number of hydrogen-bond donors (Lipinski definition) is 0. The zero-order valence-electron chi connectivity index (χ0n) is 14.7. The minimum atomic E-state index is -0.500. The summed E-state index contributed by atoms with van der Waals surface area (Å²) in [4.78, 5) is 11.8. The number of esters is 1. The Kier molecular flexibility index (Phi) is 6.33. The second kappa shape index (κ2) is 9.09. The molecule has 0 saturated carbocycles. The molecule has 0 bridgehead atoms. The zero-order chi connectivity index (χ0) is 19.1. The summed E-state index contributed by atoms with van der Waals surface area (Å²) < 4.78 is 21.1. The van der Waals surface area contributed by atoms with Crippen LogP contribution >= 0.6 is 11.6 Å². The normalized spacial score (nSPS) is 10.4. The average molecular weight is 388 g/mol. The molecule has 1 heterocycles. The van der Waals surface area contributed by atoms with Gasteiger partial charge in [0, 0.05) is 16.7 Å². The van der Waals surface area contributed by atoms with Crippen molar-refractivity contribution in [2.75, 3.05) is 13.2 Å². The van der Waals surface area contributed by atoms with E-state index in [1.807, 2.05) is 19.1 Å². The molecule has 0 aliphatic rings. The number of benzene rings is 2. The lowest BCUT2D eigenvalue weighted by Gasteiger charge is -2.07. The van der Waals surface area contributed by atoms with Crippen LogP contribution in [-0.2, 0) is 16.1 Å². The number of ether oxygens (including phenoxy) is 3. The maximum atomic E-state index is 11.8. The second-order valence-corrected chi connectivity index (χ2v) is 5.98. The van der Waals surface area contributed by atoms with Crippen molar-refractivity contribution >= 4 is 17.6 Å². The molecule has 27 heavy (non-hydrogen) atoms. The van der Waals surface area contributed by atoms with Crippen molar-refractivity contribution in [2.45, 2.75) is 13.5 Å². The summed E-state index contributed by atoms with van der Waals surface area (Å²) in [5, 5.41) is 4.53. The van der Waals surface area contributed by atoms with Gasteiger partial charge in [-0.15, -0.1) is 0 Å². The molecule has 0 unspecified atom stereocenters. The molecule has 0 atom stereocenters. The first-order chi connectivity index (χ1) is 13.1. The molecule has 0 aliphatic carbocycles. The lowest BCUT2D eigenvalue weighted by molar-refractivity contribution is -0.147. The molecular formula is C20H18ClNO5. The Morgan fingerprint density at radius 1 is 1.04 bits per heavy atom. The molecule has 0 radical (unpaired) electrons. The number of rotatable bonds is 8. The molecule has 0 amide bonds. The Bertz CT molecular complexity index is 874. The summed E-state index contributed by atoms with van der Waals surface area (Å²) in [6.45, 7) is 2.31. The molecule has 0 aliphatic heterocycles. The smallest absolute Gasteiger partial charge is 0.344 e. The molecular weight excluding hydrogens is 370 g/mol. The Labute approximate surface area is 161 Å². The highest BCUT2D eigenvalue weighted by molar-refractivity contribution is 6.30. The summed E-state index contributed by atoms with van der Waals surface area (Å²) in [5.41, 5.74) is 1.35. The number of hydrogen-bond acceptors (Lipinski definition) is 6. The van der Waals surface area contributed by atoms with Gasteiger partial charge in [0.1, 0.15) is 23.8 Å². The van der Waals surface area contributed by atoms with Crippen LogP contribution < -0.4 is 9.47 Å².